The lowest BCUT2D eigenvalue weighted by Crippen LogP contribution is -2.43. The second-order valence-electron chi connectivity index (χ2n) is 10.1. The monoisotopic (exact) mass is 575 g/mol. The van der Waals surface area contributed by atoms with E-state index < -0.39 is 10.0 Å². The second-order valence-corrected chi connectivity index (χ2v) is 12.0. The molecule has 0 atom stereocenters. The molecule has 2 heterocycles. The Morgan fingerprint density at radius 3 is 2.34 bits per heavy atom. The smallest absolute Gasteiger partial charge is 0.245 e. The lowest BCUT2D eigenvalue weighted by Gasteiger charge is -2.36. The average molecular weight is 576 g/mol. The molecule has 0 aliphatic carbocycles. The maximum atomic E-state index is 13.8. The molecule has 216 valence electrons. The number of hydrazine groups is 1. The summed E-state index contributed by atoms with van der Waals surface area (Å²) in [7, 11) is -1.66. The van der Waals surface area contributed by atoms with Gasteiger partial charge in [-0.1, -0.05) is 80.4 Å². The Labute approximate surface area is 242 Å². The first-order valence-electron chi connectivity index (χ1n) is 14.1. The van der Waals surface area contributed by atoms with Crippen molar-refractivity contribution in [2.45, 2.75) is 37.6 Å². The van der Waals surface area contributed by atoms with Gasteiger partial charge in [0.05, 0.1) is 25.4 Å². The number of unbranched alkanes of at least 4 members (excludes halogenated alkanes) is 2. The van der Waals surface area contributed by atoms with Crippen LogP contribution in [0.3, 0.4) is 0 Å². The van der Waals surface area contributed by atoms with E-state index in [9.17, 15) is 8.42 Å². The molecule has 0 amide bonds. The molecule has 11 heteroatoms. The number of nitrogens with one attached hydrogen (secondary N) is 1. The molecule has 1 aliphatic heterocycles. The minimum atomic E-state index is -3.69. The highest BCUT2D eigenvalue weighted by molar-refractivity contribution is 7.89. The van der Waals surface area contributed by atoms with Crippen LogP contribution in [0.1, 0.15) is 31.7 Å². The molecular formula is C30H37N7O3S. The highest BCUT2D eigenvalue weighted by Crippen LogP contribution is 2.32. The summed E-state index contributed by atoms with van der Waals surface area (Å²) in [5.41, 5.74) is 4.72. The Balaban J connectivity index is 1.46. The SMILES string of the molecule is CCCCCN(C)N(Cc1ccc(-c2ccccc2-c2nnn[nH]2)cc1)c1ccccc1S(=O)(=O)N1CCOCC1. The van der Waals surface area contributed by atoms with Crippen LogP contribution in [0.15, 0.2) is 77.7 Å². The van der Waals surface area contributed by atoms with Crippen molar-refractivity contribution < 1.29 is 13.2 Å². The number of para-hydroxylation sites is 1. The standard InChI is InChI=1S/C30H37N7O3S/c1-3-4-9-18-35(2)37(28-12-7-8-13-29(28)41(38,39)36-19-21-40-22-20-36)23-24-14-16-25(17-15-24)26-10-5-6-11-27(26)30-31-33-34-32-30/h5-8,10-17H,3-4,9,18-23H2,1-2H3,(H,31,32,33,34). The van der Waals surface area contributed by atoms with Crippen molar-refractivity contribution in [3.8, 4) is 22.5 Å². The lowest BCUT2D eigenvalue weighted by molar-refractivity contribution is 0.0730. The number of aromatic amines is 1. The van der Waals surface area contributed by atoms with Gasteiger partial charge in [0.25, 0.3) is 0 Å². The third kappa shape index (κ3) is 6.65. The summed E-state index contributed by atoms with van der Waals surface area (Å²) in [5, 5.41) is 18.6. The van der Waals surface area contributed by atoms with Crippen molar-refractivity contribution >= 4 is 15.7 Å². The van der Waals surface area contributed by atoms with Crippen LogP contribution in [-0.2, 0) is 21.3 Å². The number of hydrogen-bond acceptors (Lipinski definition) is 8. The van der Waals surface area contributed by atoms with Crippen molar-refractivity contribution in [2.24, 2.45) is 0 Å². The Bertz CT molecular complexity index is 1510. The van der Waals surface area contributed by atoms with Gasteiger partial charge in [-0.2, -0.15) is 4.31 Å². The first-order chi connectivity index (χ1) is 20.0. The summed E-state index contributed by atoms with van der Waals surface area (Å²) in [5.74, 6) is 0.614. The molecule has 10 nitrogen and oxygen atoms in total. The lowest BCUT2D eigenvalue weighted by atomic mass is 9.98. The van der Waals surface area contributed by atoms with E-state index in [0.717, 1.165) is 48.1 Å². The fraction of sp³-hybridized carbons (Fsp3) is 0.367. The number of tetrazole rings is 1. The number of benzene rings is 3. The predicted molar refractivity (Wildman–Crippen MR) is 159 cm³/mol. The topological polar surface area (TPSA) is 108 Å². The van der Waals surface area contributed by atoms with E-state index >= 15 is 0 Å². The Kier molecular flexibility index (Phi) is 9.40. The number of hydrogen-bond donors (Lipinski definition) is 1. The third-order valence-corrected chi connectivity index (χ3v) is 9.30. The highest BCUT2D eigenvalue weighted by atomic mass is 32.2. The van der Waals surface area contributed by atoms with Gasteiger partial charge in [0.2, 0.25) is 10.0 Å². The minimum Gasteiger partial charge on any atom is -0.379 e. The summed E-state index contributed by atoms with van der Waals surface area (Å²) in [6.07, 6.45) is 3.25. The van der Waals surface area contributed by atoms with Crippen LogP contribution in [0, 0.1) is 0 Å². The molecule has 3 aromatic carbocycles. The van der Waals surface area contributed by atoms with Gasteiger partial charge in [-0.15, -0.1) is 5.10 Å². The fourth-order valence-corrected chi connectivity index (χ4v) is 6.69. The van der Waals surface area contributed by atoms with Crippen molar-refractivity contribution in [3.63, 3.8) is 0 Å². The van der Waals surface area contributed by atoms with Crippen molar-refractivity contribution in [1.82, 2.24) is 29.9 Å². The molecule has 1 N–H and O–H groups in total. The highest BCUT2D eigenvalue weighted by Gasteiger charge is 2.30. The van der Waals surface area contributed by atoms with Crippen LogP contribution in [0.5, 0.6) is 0 Å². The zero-order valence-electron chi connectivity index (χ0n) is 23.6. The molecule has 1 aliphatic rings. The van der Waals surface area contributed by atoms with Crippen molar-refractivity contribution in [2.75, 3.05) is 44.9 Å². The zero-order valence-corrected chi connectivity index (χ0v) is 24.4. The van der Waals surface area contributed by atoms with Gasteiger partial charge in [-0.25, -0.2) is 18.5 Å². The van der Waals surface area contributed by atoms with Gasteiger partial charge >= 0.3 is 0 Å². The predicted octanol–water partition coefficient (Wildman–Crippen LogP) is 4.60. The summed E-state index contributed by atoms with van der Waals surface area (Å²) in [6.45, 7) is 5.05. The number of H-pyrrole nitrogens is 1. The molecule has 0 unspecified atom stereocenters. The summed E-state index contributed by atoms with van der Waals surface area (Å²) >= 11 is 0. The van der Waals surface area contributed by atoms with E-state index in [2.05, 4.69) is 61.8 Å². The van der Waals surface area contributed by atoms with Crippen molar-refractivity contribution in [1.29, 1.82) is 0 Å². The first kappa shape index (κ1) is 28.9. The van der Waals surface area contributed by atoms with Crippen molar-refractivity contribution in [3.05, 3.63) is 78.4 Å². The number of ether oxygens (including phenoxy) is 1. The Morgan fingerprint density at radius 2 is 1.63 bits per heavy atom. The van der Waals surface area contributed by atoms with Crippen LogP contribution < -0.4 is 5.01 Å². The quantitative estimate of drug-likeness (QED) is 0.193. The molecule has 0 saturated carbocycles. The van der Waals surface area contributed by atoms with Gasteiger partial charge in [0.15, 0.2) is 5.82 Å². The number of rotatable bonds is 12. The molecule has 4 aromatic rings. The third-order valence-electron chi connectivity index (χ3n) is 7.35. The minimum absolute atomic E-state index is 0.315. The number of sulfonamides is 1. The van der Waals surface area contributed by atoms with Gasteiger partial charge in [0.1, 0.15) is 4.90 Å². The summed E-state index contributed by atoms with van der Waals surface area (Å²) in [6, 6.07) is 23.7. The van der Waals surface area contributed by atoms with Crippen LogP contribution >= 0.6 is 0 Å². The molecular weight excluding hydrogens is 538 g/mol. The maximum Gasteiger partial charge on any atom is 0.245 e. The number of nitrogens with zero attached hydrogens (tertiary/aromatic N) is 6. The van der Waals surface area contributed by atoms with Gasteiger partial charge in [-0.3, -0.25) is 0 Å². The first-order valence-corrected chi connectivity index (χ1v) is 15.5. The van der Waals surface area contributed by atoms with Crippen LogP contribution in [-0.4, -0.2) is 78.3 Å². The van der Waals surface area contributed by atoms with E-state index in [4.69, 9.17) is 4.74 Å². The van der Waals surface area contributed by atoms with Gasteiger partial charge in [-0.05, 0) is 45.7 Å². The maximum absolute atomic E-state index is 13.8. The van der Waals surface area contributed by atoms with Crippen LogP contribution in [0.25, 0.3) is 22.5 Å². The average Bonchev–Trinajstić information content (AvgIpc) is 3.56. The molecule has 1 fully saturated rings. The van der Waals surface area contributed by atoms with E-state index in [1.165, 1.54) is 4.31 Å². The largest absolute Gasteiger partial charge is 0.379 e. The summed E-state index contributed by atoms with van der Waals surface area (Å²) in [4.78, 5) is 0.315. The molecule has 0 spiro atoms. The zero-order chi connectivity index (χ0) is 28.7. The number of aromatic nitrogens is 4. The fourth-order valence-electron chi connectivity index (χ4n) is 5.09. The van der Waals surface area contributed by atoms with Gasteiger partial charge in [0, 0.05) is 32.2 Å². The van der Waals surface area contributed by atoms with E-state index in [0.29, 0.717) is 49.3 Å². The van der Waals surface area contributed by atoms with E-state index in [1.54, 1.807) is 12.1 Å². The molecule has 1 aromatic heterocycles. The van der Waals surface area contributed by atoms with Crippen LogP contribution in [0.2, 0.25) is 0 Å². The van der Waals surface area contributed by atoms with E-state index in [-0.39, 0.29) is 0 Å². The second kappa shape index (κ2) is 13.3. The molecule has 0 radical (unpaired) electrons. The molecule has 41 heavy (non-hydrogen) atoms. The number of morpholine rings is 1. The Morgan fingerprint density at radius 1 is 0.927 bits per heavy atom. The summed E-state index contributed by atoms with van der Waals surface area (Å²) < 4.78 is 34.5. The molecule has 0 bridgehead atoms. The Hall–Kier alpha value is -3.64. The normalized spacial score (nSPS) is 14.4. The molecule has 5 rings (SSSR count). The van der Waals surface area contributed by atoms with Crippen LogP contribution in [0.4, 0.5) is 5.69 Å². The van der Waals surface area contributed by atoms with Gasteiger partial charge < -0.3 is 9.75 Å². The number of anilines is 1. The van der Waals surface area contributed by atoms with E-state index in [1.807, 2.05) is 43.4 Å². The molecule has 1 saturated heterocycles.